The number of aliphatic hydroxyl groups excluding tert-OH is 1. The summed E-state index contributed by atoms with van der Waals surface area (Å²) < 4.78 is 0. The highest BCUT2D eigenvalue weighted by molar-refractivity contribution is 5.39. The van der Waals surface area contributed by atoms with Crippen LogP contribution in [0.3, 0.4) is 0 Å². The van der Waals surface area contributed by atoms with Crippen LogP contribution in [0.15, 0.2) is 60.7 Å². The van der Waals surface area contributed by atoms with Crippen LogP contribution in [-0.2, 0) is 5.60 Å². The predicted octanol–water partition coefficient (Wildman–Crippen LogP) is 1.65. The average Bonchev–Trinajstić information content (AvgIpc) is 2.95. The lowest BCUT2D eigenvalue weighted by Gasteiger charge is -2.37. The van der Waals surface area contributed by atoms with Crippen LogP contribution in [-0.4, -0.2) is 28.9 Å². The molecule has 0 aromatic heterocycles. The maximum atomic E-state index is 11.4. The number of aliphatic hydroxyl groups is 2. The number of nitrogens with one attached hydrogen (secondary N) is 1. The largest absolute Gasteiger partial charge is 0.391 e. The molecular weight excluding hydrogens is 250 g/mol. The quantitative estimate of drug-likeness (QED) is 0.794. The Kier molecular flexibility index (Phi) is 3.57. The molecule has 2 aromatic rings. The van der Waals surface area contributed by atoms with Crippen molar-refractivity contribution in [2.24, 2.45) is 0 Å². The molecule has 3 heteroatoms. The fraction of sp³-hybridized carbons (Fsp3) is 0.294. The van der Waals surface area contributed by atoms with E-state index in [0.717, 1.165) is 11.1 Å². The summed E-state index contributed by atoms with van der Waals surface area (Å²) in [6.07, 6.45) is 0.104. The first-order valence-electron chi connectivity index (χ1n) is 6.98. The van der Waals surface area contributed by atoms with Gasteiger partial charge in [-0.2, -0.15) is 0 Å². The van der Waals surface area contributed by atoms with E-state index < -0.39 is 17.7 Å². The third-order valence-electron chi connectivity index (χ3n) is 4.07. The Bertz CT molecular complexity index is 516. The normalized spacial score (nSPS) is 22.9. The van der Waals surface area contributed by atoms with Crippen molar-refractivity contribution in [3.63, 3.8) is 0 Å². The van der Waals surface area contributed by atoms with Crippen molar-refractivity contribution in [1.82, 2.24) is 5.32 Å². The van der Waals surface area contributed by atoms with Crippen LogP contribution in [0.2, 0.25) is 0 Å². The average molecular weight is 269 g/mol. The van der Waals surface area contributed by atoms with Gasteiger partial charge in [0.25, 0.3) is 0 Å². The summed E-state index contributed by atoms with van der Waals surface area (Å²) in [5.74, 6) is 0. The third kappa shape index (κ3) is 2.14. The monoisotopic (exact) mass is 269 g/mol. The Labute approximate surface area is 118 Å². The Hall–Kier alpha value is -1.68. The summed E-state index contributed by atoms with van der Waals surface area (Å²) in [5.41, 5.74) is 0.368. The summed E-state index contributed by atoms with van der Waals surface area (Å²) in [6, 6.07) is 18.7. The van der Waals surface area contributed by atoms with Gasteiger partial charge in [0, 0.05) is 0 Å². The van der Waals surface area contributed by atoms with Gasteiger partial charge in [-0.1, -0.05) is 60.7 Å². The summed E-state index contributed by atoms with van der Waals surface area (Å²) in [7, 11) is 0. The molecule has 2 atom stereocenters. The summed E-state index contributed by atoms with van der Waals surface area (Å²) >= 11 is 0. The Morgan fingerprint density at radius 3 is 1.80 bits per heavy atom. The Balaban J connectivity index is 2.13. The van der Waals surface area contributed by atoms with Crippen LogP contribution in [0.5, 0.6) is 0 Å². The maximum Gasteiger partial charge on any atom is 0.132 e. The van der Waals surface area contributed by atoms with Gasteiger partial charge in [0.15, 0.2) is 0 Å². The van der Waals surface area contributed by atoms with Gasteiger partial charge in [0.2, 0.25) is 0 Å². The SMILES string of the molecule is OC1CCN[C@@H]1C(O)(c1ccccc1)c1ccccc1. The van der Waals surface area contributed by atoms with Gasteiger partial charge in [0.1, 0.15) is 5.60 Å². The zero-order chi connectivity index (χ0) is 14.0. The molecule has 1 aliphatic rings. The lowest BCUT2D eigenvalue weighted by Crippen LogP contribution is -2.51. The Morgan fingerprint density at radius 1 is 0.900 bits per heavy atom. The van der Waals surface area contributed by atoms with Crippen LogP contribution in [0.4, 0.5) is 0 Å². The van der Waals surface area contributed by atoms with Gasteiger partial charge in [0.05, 0.1) is 12.1 Å². The zero-order valence-corrected chi connectivity index (χ0v) is 11.2. The molecule has 1 heterocycles. The van der Waals surface area contributed by atoms with Gasteiger partial charge < -0.3 is 15.5 Å². The lowest BCUT2D eigenvalue weighted by molar-refractivity contribution is -0.00252. The van der Waals surface area contributed by atoms with Crippen molar-refractivity contribution >= 4 is 0 Å². The second kappa shape index (κ2) is 5.37. The first-order chi connectivity index (χ1) is 9.73. The standard InChI is InChI=1S/C17H19NO2/c19-15-11-12-18-16(15)17(20,13-7-3-1-4-8-13)14-9-5-2-6-10-14/h1-10,15-16,18-20H,11-12H2/t15?,16-/m0/s1. The van der Waals surface area contributed by atoms with E-state index >= 15 is 0 Å². The second-order valence-electron chi connectivity index (χ2n) is 5.29. The molecule has 3 rings (SSSR count). The van der Waals surface area contributed by atoms with Crippen LogP contribution in [0.25, 0.3) is 0 Å². The van der Waals surface area contributed by atoms with Crippen LogP contribution < -0.4 is 5.32 Å². The fourth-order valence-corrected chi connectivity index (χ4v) is 3.03. The van der Waals surface area contributed by atoms with Crippen molar-refractivity contribution < 1.29 is 10.2 Å². The van der Waals surface area contributed by atoms with Crippen molar-refractivity contribution in [3.05, 3.63) is 71.8 Å². The van der Waals surface area contributed by atoms with Gasteiger partial charge in [-0.05, 0) is 24.1 Å². The molecule has 1 fully saturated rings. The summed E-state index contributed by atoms with van der Waals surface area (Å²) in [6.45, 7) is 0.716. The molecular formula is C17H19NO2. The molecule has 3 nitrogen and oxygen atoms in total. The molecule has 1 saturated heterocycles. The van der Waals surface area contributed by atoms with Crippen molar-refractivity contribution in [2.45, 2.75) is 24.2 Å². The molecule has 0 spiro atoms. The predicted molar refractivity (Wildman–Crippen MR) is 78.3 cm³/mol. The van der Waals surface area contributed by atoms with E-state index in [4.69, 9.17) is 0 Å². The number of hydrogen-bond donors (Lipinski definition) is 3. The van der Waals surface area contributed by atoms with E-state index in [1.807, 2.05) is 60.7 Å². The Morgan fingerprint density at radius 2 is 1.40 bits per heavy atom. The highest BCUT2D eigenvalue weighted by Gasteiger charge is 2.45. The summed E-state index contributed by atoms with van der Waals surface area (Å²) in [4.78, 5) is 0. The van der Waals surface area contributed by atoms with E-state index in [-0.39, 0.29) is 0 Å². The number of hydrogen-bond acceptors (Lipinski definition) is 3. The van der Waals surface area contributed by atoms with Gasteiger partial charge in [-0.15, -0.1) is 0 Å². The molecule has 0 saturated carbocycles. The molecule has 0 bridgehead atoms. The van der Waals surface area contributed by atoms with E-state index in [2.05, 4.69) is 5.32 Å². The molecule has 0 radical (unpaired) electrons. The molecule has 20 heavy (non-hydrogen) atoms. The molecule has 2 aromatic carbocycles. The first kappa shape index (κ1) is 13.3. The lowest BCUT2D eigenvalue weighted by atomic mass is 9.78. The van der Waals surface area contributed by atoms with Crippen LogP contribution in [0, 0.1) is 0 Å². The molecule has 0 aliphatic carbocycles. The van der Waals surface area contributed by atoms with Crippen molar-refractivity contribution in [3.8, 4) is 0 Å². The highest BCUT2D eigenvalue weighted by atomic mass is 16.3. The van der Waals surface area contributed by atoms with Crippen molar-refractivity contribution in [1.29, 1.82) is 0 Å². The minimum atomic E-state index is -1.22. The van der Waals surface area contributed by atoms with E-state index in [0.29, 0.717) is 13.0 Å². The van der Waals surface area contributed by atoms with Crippen molar-refractivity contribution in [2.75, 3.05) is 6.54 Å². The van der Waals surface area contributed by atoms with Gasteiger partial charge >= 0.3 is 0 Å². The molecule has 104 valence electrons. The summed E-state index contributed by atoms with van der Waals surface area (Å²) in [5, 5.41) is 24.9. The molecule has 3 N–H and O–H groups in total. The smallest absolute Gasteiger partial charge is 0.132 e. The van der Waals surface area contributed by atoms with Gasteiger partial charge in [-0.3, -0.25) is 0 Å². The van der Waals surface area contributed by atoms with Gasteiger partial charge in [-0.25, -0.2) is 0 Å². The fourth-order valence-electron chi connectivity index (χ4n) is 3.03. The van der Waals surface area contributed by atoms with E-state index in [1.54, 1.807) is 0 Å². The number of benzene rings is 2. The minimum Gasteiger partial charge on any atom is -0.391 e. The van der Waals surface area contributed by atoms with E-state index in [9.17, 15) is 10.2 Å². The first-order valence-corrected chi connectivity index (χ1v) is 6.98. The minimum absolute atomic E-state index is 0.396. The zero-order valence-electron chi connectivity index (χ0n) is 11.2. The third-order valence-corrected chi connectivity index (χ3v) is 4.07. The maximum absolute atomic E-state index is 11.4. The molecule has 1 aliphatic heterocycles. The van der Waals surface area contributed by atoms with Crippen LogP contribution in [0.1, 0.15) is 17.5 Å². The molecule has 0 amide bonds. The second-order valence-corrected chi connectivity index (χ2v) is 5.29. The number of rotatable bonds is 3. The van der Waals surface area contributed by atoms with Crippen LogP contribution >= 0.6 is 0 Å². The topological polar surface area (TPSA) is 52.5 Å². The molecule has 1 unspecified atom stereocenters. The highest BCUT2D eigenvalue weighted by Crippen LogP contribution is 2.36. The van der Waals surface area contributed by atoms with E-state index in [1.165, 1.54) is 0 Å².